The van der Waals surface area contributed by atoms with Gasteiger partial charge in [0.2, 0.25) is 0 Å². The third-order valence-electron chi connectivity index (χ3n) is 5.24. The number of amides is 1. The molecule has 2 aromatic carbocycles. The first-order chi connectivity index (χ1) is 13.7. The molecule has 0 radical (unpaired) electrons. The number of carbonyl (C=O) groups is 1. The van der Waals surface area contributed by atoms with E-state index in [4.69, 9.17) is 0 Å². The van der Waals surface area contributed by atoms with Crippen LogP contribution in [0.4, 0.5) is 10.1 Å². The van der Waals surface area contributed by atoms with Crippen molar-refractivity contribution in [2.75, 3.05) is 16.4 Å². The molecule has 4 rings (SSSR count). The van der Waals surface area contributed by atoms with Gasteiger partial charge in [-0.3, -0.25) is 4.79 Å². The highest BCUT2D eigenvalue weighted by Gasteiger charge is 2.49. The summed E-state index contributed by atoms with van der Waals surface area (Å²) in [6.07, 6.45) is 0.0680. The van der Waals surface area contributed by atoms with Crippen LogP contribution in [0.3, 0.4) is 0 Å². The Morgan fingerprint density at radius 2 is 1.79 bits per heavy atom. The van der Waals surface area contributed by atoms with Crippen molar-refractivity contribution >= 4 is 38.4 Å². The number of aryl methyl sites for hydroxylation is 2. The van der Waals surface area contributed by atoms with Crippen molar-refractivity contribution < 1.29 is 17.6 Å². The summed E-state index contributed by atoms with van der Waals surface area (Å²) in [5.41, 5.74) is 3.62. The van der Waals surface area contributed by atoms with E-state index in [9.17, 15) is 17.6 Å². The van der Waals surface area contributed by atoms with Crippen LogP contribution in [0.1, 0.15) is 16.7 Å². The molecule has 0 unspecified atom stereocenters. The van der Waals surface area contributed by atoms with Gasteiger partial charge in [-0.15, -0.1) is 0 Å². The molecule has 2 aliphatic rings. The van der Waals surface area contributed by atoms with Crippen LogP contribution in [0.2, 0.25) is 0 Å². The molecular weight excluding hydrogens is 411 g/mol. The molecule has 0 aromatic heterocycles. The number of para-hydroxylation sites is 1. The lowest BCUT2D eigenvalue weighted by Crippen LogP contribution is -2.38. The summed E-state index contributed by atoms with van der Waals surface area (Å²) in [6.45, 7) is 3.95. The molecule has 0 N–H and O–H groups in total. The summed E-state index contributed by atoms with van der Waals surface area (Å²) in [5, 5.41) is 0.399. The molecule has 1 amide bonds. The second kappa shape index (κ2) is 7.57. The lowest BCUT2D eigenvalue weighted by Gasteiger charge is -2.28. The van der Waals surface area contributed by atoms with E-state index in [1.165, 1.54) is 23.9 Å². The number of thioether (sulfide) groups is 1. The van der Waals surface area contributed by atoms with Gasteiger partial charge < -0.3 is 4.90 Å². The van der Waals surface area contributed by atoms with E-state index in [-0.39, 0.29) is 40.9 Å². The van der Waals surface area contributed by atoms with Gasteiger partial charge in [-0.1, -0.05) is 42.1 Å². The zero-order valence-corrected chi connectivity index (χ0v) is 17.8. The topological polar surface area (TPSA) is 66.8 Å². The molecule has 0 saturated carbocycles. The summed E-state index contributed by atoms with van der Waals surface area (Å²) >= 11 is 1.36. The van der Waals surface area contributed by atoms with E-state index in [1.807, 2.05) is 36.9 Å². The minimum Gasteiger partial charge on any atom is -0.315 e. The fourth-order valence-electron chi connectivity index (χ4n) is 3.93. The van der Waals surface area contributed by atoms with Gasteiger partial charge in [0, 0.05) is 10.9 Å². The summed E-state index contributed by atoms with van der Waals surface area (Å²) in [4.78, 5) is 18.9. The normalized spacial score (nSPS) is 24.1. The number of fused-ring (bicyclic) bond motifs is 1. The van der Waals surface area contributed by atoms with Crippen LogP contribution in [-0.2, 0) is 21.1 Å². The number of hydrogen-bond acceptors (Lipinski definition) is 4. The van der Waals surface area contributed by atoms with Gasteiger partial charge >= 0.3 is 0 Å². The molecule has 29 heavy (non-hydrogen) atoms. The average Bonchev–Trinajstić information content (AvgIpc) is 3.09. The SMILES string of the molecule is Cc1cccc(C)c1N1C(=NC(=O)Cc2ccc(F)cc2)S[C@@H]2CS(=O)(=O)C[C@H]21. The number of hydrogen-bond donors (Lipinski definition) is 0. The molecule has 2 heterocycles. The first-order valence-electron chi connectivity index (χ1n) is 9.32. The fraction of sp³-hybridized carbons (Fsp3) is 0.333. The highest BCUT2D eigenvalue weighted by atomic mass is 32.2. The number of aliphatic imine (C=N–C) groups is 1. The van der Waals surface area contributed by atoms with Crippen molar-refractivity contribution in [1.82, 2.24) is 0 Å². The Kier molecular flexibility index (Phi) is 5.25. The number of rotatable bonds is 3. The fourth-order valence-corrected chi connectivity index (χ4v) is 7.85. The largest absolute Gasteiger partial charge is 0.315 e. The predicted octanol–water partition coefficient (Wildman–Crippen LogP) is 3.29. The van der Waals surface area contributed by atoms with Crippen LogP contribution in [0.15, 0.2) is 47.5 Å². The average molecular weight is 433 g/mol. The lowest BCUT2D eigenvalue weighted by atomic mass is 10.1. The molecule has 2 aromatic rings. The maximum atomic E-state index is 13.1. The Morgan fingerprint density at radius 1 is 1.14 bits per heavy atom. The van der Waals surface area contributed by atoms with Crippen LogP contribution in [0, 0.1) is 19.7 Å². The van der Waals surface area contributed by atoms with Crippen molar-refractivity contribution in [2.24, 2.45) is 4.99 Å². The molecular formula is C21H21FN2O3S2. The smallest absolute Gasteiger partial charge is 0.252 e. The van der Waals surface area contributed by atoms with Crippen LogP contribution in [-0.4, -0.2) is 42.3 Å². The maximum Gasteiger partial charge on any atom is 0.252 e. The quantitative estimate of drug-likeness (QED) is 0.745. The van der Waals surface area contributed by atoms with Gasteiger partial charge in [-0.05, 0) is 42.7 Å². The lowest BCUT2D eigenvalue weighted by molar-refractivity contribution is -0.117. The number of carbonyl (C=O) groups excluding carboxylic acids is 1. The molecule has 8 heteroatoms. The molecule has 2 atom stereocenters. The molecule has 2 fully saturated rings. The number of anilines is 1. The number of nitrogens with zero attached hydrogens (tertiary/aromatic N) is 2. The molecule has 5 nitrogen and oxygen atoms in total. The third-order valence-corrected chi connectivity index (χ3v) is 8.45. The highest BCUT2D eigenvalue weighted by molar-refractivity contribution is 8.16. The molecule has 2 aliphatic heterocycles. The van der Waals surface area contributed by atoms with Crippen molar-refractivity contribution in [3.05, 3.63) is 65.0 Å². The second-order valence-corrected chi connectivity index (χ2v) is 10.9. The van der Waals surface area contributed by atoms with Crippen LogP contribution in [0.25, 0.3) is 0 Å². The first-order valence-corrected chi connectivity index (χ1v) is 12.0. The van der Waals surface area contributed by atoms with E-state index in [2.05, 4.69) is 4.99 Å². The Balaban J connectivity index is 1.69. The van der Waals surface area contributed by atoms with Crippen molar-refractivity contribution in [3.8, 4) is 0 Å². The summed E-state index contributed by atoms with van der Waals surface area (Å²) in [6, 6.07) is 11.4. The first kappa shape index (κ1) is 20.1. The monoisotopic (exact) mass is 432 g/mol. The van der Waals surface area contributed by atoms with Gasteiger partial charge in [0.1, 0.15) is 5.82 Å². The Bertz CT molecular complexity index is 1080. The van der Waals surface area contributed by atoms with E-state index in [0.29, 0.717) is 10.7 Å². The molecule has 2 saturated heterocycles. The van der Waals surface area contributed by atoms with Crippen molar-refractivity contribution in [3.63, 3.8) is 0 Å². The van der Waals surface area contributed by atoms with E-state index in [0.717, 1.165) is 16.8 Å². The Labute approximate surface area is 173 Å². The molecule has 0 aliphatic carbocycles. The predicted molar refractivity (Wildman–Crippen MR) is 115 cm³/mol. The van der Waals surface area contributed by atoms with Crippen LogP contribution in [0.5, 0.6) is 0 Å². The zero-order valence-electron chi connectivity index (χ0n) is 16.1. The van der Waals surface area contributed by atoms with E-state index < -0.39 is 9.84 Å². The number of amidine groups is 1. The van der Waals surface area contributed by atoms with Gasteiger partial charge in [0.25, 0.3) is 5.91 Å². The summed E-state index contributed by atoms with van der Waals surface area (Å²) < 4.78 is 37.5. The van der Waals surface area contributed by atoms with Gasteiger partial charge in [-0.2, -0.15) is 4.99 Å². The standard InChI is InChI=1S/C21H21FN2O3S2/c1-13-4-3-5-14(2)20(13)24-17-11-29(26,27)12-18(17)28-21(24)23-19(25)10-15-6-8-16(22)9-7-15/h3-9,17-18H,10-12H2,1-2H3/t17-,18-/m1/s1. The Morgan fingerprint density at radius 3 is 2.45 bits per heavy atom. The molecule has 0 spiro atoms. The van der Waals surface area contributed by atoms with E-state index in [1.54, 1.807) is 12.1 Å². The van der Waals surface area contributed by atoms with Crippen LogP contribution < -0.4 is 4.90 Å². The van der Waals surface area contributed by atoms with Crippen molar-refractivity contribution in [2.45, 2.75) is 31.6 Å². The summed E-state index contributed by atoms with van der Waals surface area (Å²) in [5.74, 6) is -0.536. The summed E-state index contributed by atoms with van der Waals surface area (Å²) in [7, 11) is -3.11. The second-order valence-electron chi connectivity index (χ2n) is 7.50. The van der Waals surface area contributed by atoms with Crippen LogP contribution >= 0.6 is 11.8 Å². The molecule has 0 bridgehead atoms. The van der Waals surface area contributed by atoms with Crippen molar-refractivity contribution in [1.29, 1.82) is 0 Å². The third kappa shape index (κ3) is 4.09. The van der Waals surface area contributed by atoms with E-state index >= 15 is 0 Å². The number of sulfone groups is 1. The zero-order chi connectivity index (χ0) is 20.8. The minimum absolute atomic E-state index is 0.0591. The Hall–Kier alpha value is -2.19. The number of benzene rings is 2. The number of halogens is 1. The maximum absolute atomic E-state index is 13.1. The van der Waals surface area contributed by atoms with Gasteiger partial charge in [0.15, 0.2) is 15.0 Å². The molecule has 152 valence electrons. The minimum atomic E-state index is -3.11. The van der Waals surface area contributed by atoms with Gasteiger partial charge in [-0.25, -0.2) is 12.8 Å². The van der Waals surface area contributed by atoms with Gasteiger partial charge in [0.05, 0.1) is 24.0 Å². The highest BCUT2D eigenvalue weighted by Crippen LogP contribution is 2.43.